The van der Waals surface area contributed by atoms with E-state index >= 15 is 0 Å². The summed E-state index contributed by atoms with van der Waals surface area (Å²) >= 11 is 0. The first kappa shape index (κ1) is 32.8. The molecule has 13 heteroatoms. The van der Waals surface area contributed by atoms with E-state index in [1.54, 1.807) is 29.3 Å². The molecule has 44 heavy (non-hydrogen) atoms. The van der Waals surface area contributed by atoms with E-state index in [9.17, 15) is 18.0 Å². The van der Waals surface area contributed by atoms with Crippen LogP contribution in [0, 0.1) is 12.3 Å². The minimum absolute atomic E-state index is 0.00985. The molecule has 2 aliphatic heterocycles. The summed E-state index contributed by atoms with van der Waals surface area (Å²) in [6.45, 7) is 14.0. The Morgan fingerprint density at radius 3 is 2.32 bits per heavy atom. The lowest BCUT2D eigenvalue weighted by molar-refractivity contribution is -0.120. The molecule has 12 nitrogen and oxygen atoms in total. The number of sulfonamides is 1. The SMILES string of the molecule is COc1c(NC(=O)c2ccc(C)c(N3C=C(C4CN=C(C(=O)C(C)(C)C)N4C)NN3)c2)cc(C(C)(C)C)cc1NS(C)(=O)=O. The number of Topliss-reactive ketones (excluding diaryl/α,β-unsaturated/α-hetero) is 1. The van der Waals surface area contributed by atoms with Crippen LogP contribution < -0.4 is 30.7 Å². The van der Waals surface area contributed by atoms with Crippen molar-refractivity contribution in [3.05, 3.63) is 58.9 Å². The van der Waals surface area contributed by atoms with E-state index in [1.807, 2.05) is 72.7 Å². The molecule has 0 aromatic heterocycles. The first-order chi connectivity index (χ1) is 20.3. The van der Waals surface area contributed by atoms with E-state index in [0.717, 1.165) is 28.8 Å². The molecule has 0 fully saturated rings. The van der Waals surface area contributed by atoms with Gasteiger partial charge < -0.3 is 20.4 Å². The van der Waals surface area contributed by atoms with Crippen molar-refractivity contribution in [2.75, 3.05) is 42.0 Å². The Morgan fingerprint density at radius 2 is 1.73 bits per heavy atom. The summed E-state index contributed by atoms with van der Waals surface area (Å²) in [6.07, 6.45) is 2.95. The van der Waals surface area contributed by atoms with Crippen LogP contribution in [-0.4, -0.2) is 63.8 Å². The number of anilines is 3. The average molecular weight is 626 g/mol. The van der Waals surface area contributed by atoms with E-state index in [-0.39, 0.29) is 28.7 Å². The molecule has 0 saturated carbocycles. The highest BCUT2D eigenvalue weighted by molar-refractivity contribution is 7.92. The maximum Gasteiger partial charge on any atom is 0.255 e. The van der Waals surface area contributed by atoms with Crippen molar-refractivity contribution in [3.63, 3.8) is 0 Å². The minimum atomic E-state index is -3.61. The molecule has 0 radical (unpaired) electrons. The molecule has 4 rings (SSSR count). The van der Waals surface area contributed by atoms with E-state index < -0.39 is 21.3 Å². The Morgan fingerprint density at radius 1 is 1.07 bits per heavy atom. The first-order valence-electron chi connectivity index (χ1n) is 14.3. The molecule has 0 bridgehead atoms. The van der Waals surface area contributed by atoms with Gasteiger partial charge in [0.1, 0.15) is 0 Å². The van der Waals surface area contributed by atoms with Crippen LogP contribution in [0.25, 0.3) is 0 Å². The molecule has 1 atom stereocenters. The average Bonchev–Trinajstić information content (AvgIpc) is 3.53. The van der Waals surface area contributed by atoms with Crippen molar-refractivity contribution in [3.8, 4) is 5.75 Å². The van der Waals surface area contributed by atoms with Gasteiger partial charge in [-0.2, -0.15) is 0 Å². The molecule has 1 unspecified atom stereocenters. The molecule has 2 aliphatic rings. The Bertz CT molecular complexity index is 1650. The van der Waals surface area contributed by atoms with Gasteiger partial charge in [-0.25, -0.2) is 8.42 Å². The monoisotopic (exact) mass is 625 g/mol. The highest BCUT2D eigenvalue weighted by Gasteiger charge is 2.37. The largest absolute Gasteiger partial charge is 0.492 e. The van der Waals surface area contributed by atoms with Crippen LogP contribution in [-0.2, 0) is 20.2 Å². The summed E-state index contributed by atoms with van der Waals surface area (Å²) in [7, 11) is -0.328. The highest BCUT2D eigenvalue weighted by Crippen LogP contribution is 2.39. The number of amidine groups is 1. The van der Waals surface area contributed by atoms with Crippen molar-refractivity contribution in [2.24, 2.45) is 10.4 Å². The maximum atomic E-state index is 13.6. The Hall–Kier alpha value is -4.10. The number of likely N-dealkylation sites (N-methyl/N-ethyl adjacent to an activating group) is 1. The normalized spacial score (nSPS) is 17.2. The topological polar surface area (TPSA) is 144 Å². The van der Waals surface area contributed by atoms with Gasteiger partial charge in [0.25, 0.3) is 5.91 Å². The number of hydrogen-bond acceptors (Lipinski definition) is 10. The lowest BCUT2D eigenvalue weighted by Crippen LogP contribution is -2.45. The van der Waals surface area contributed by atoms with Gasteiger partial charge in [0.2, 0.25) is 15.8 Å². The van der Waals surface area contributed by atoms with Gasteiger partial charge in [0.15, 0.2) is 11.6 Å². The summed E-state index contributed by atoms with van der Waals surface area (Å²) in [6, 6.07) is 8.68. The predicted molar refractivity (Wildman–Crippen MR) is 174 cm³/mol. The molecule has 0 spiro atoms. The summed E-state index contributed by atoms with van der Waals surface area (Å²) in [4.78, 5) is 32.9. The number of ketones is 1. The van der Waals surface area contributed by atoms with Gasteiger partial charge in [-0.05, 0) is 47.7 Å². The predicted octanol–water partition coefficient (Wildman–Crippen LogP) is 3.92. The van der Waals surface area contributed by atoms with Gasteiger partial charge in [0.05, 0.1) is 48.7 Å². The smallest absolute Gasteiger partial charge is 0.255 e. The molecule has 238 valence electrons. The zero-order valence-electron chi connectivity index (χ0n) is 27.0. The van der Waals surface area contributed by atoms with Crippen LogP contribution in [0.1, 0.15) is 63.0 Å². The van der Waals surface area contributed by atoms with E-state index in [4.69, 9.17) is 4.74 Å². The number of rotatable bonds is 8. The molecular weight excluding hydrogens is 582 g/mol. The second-order valence-corrected chi connectivity index (χ2v) is 15.0. The molecule has 2 heterocycles. The summed E-state index contributed by atoms with van der Waals surface area (Å²) in [5.74, 6) is 0.254. The van der Waals surface area contributed by atoms with Gasteiger partial charge in [-0.3, -0.25) is 24.3 Å². The number of hydrogen-bond donors (Lipinski definition) is 4. The third kappa shape index (κ3) is 6.99. The molecular formula is C31H43N7O5S. The van der Waals surface area contributed by atoms with Crippen molar-refractivity contribution in [1.29, 1.82) is 0 Å². The number of benzene rings is 2. The molecule has 1 amide bonds. The summed E-state index contributed by atoms with van der Waals surface area (Å²) in [5.41, 5.74) is 9.70. The minimum Gasteiger partial charge on any atom is -0.492 e. The maximum absolute atomic E-state index is 13.6. The van der Waals surface area contributed by atoms with E-state index in [2.05, 4.69) is 26.0 Å². The third-order valence-corrected chi connectivity index (χ3v) is 8.07. The number of hydrazine groups is 2. The number of nitrogens with zero attached hydrogens (tertiary/aromatic N) is 3. The van der Waals surface area contributed by atoms with Crippen LogP contribution >= 0.6 is 0 Å². The first-order valence-corrected chi connectivity index (χ1v) is 16.2. The fourth-order valence-electron chi connectivity index (χ4n) is 4.91. The van der Waals surface area contributed by atoms with E-state index in [1.165, 1.54) is 7.11 Å². The van der Waals surface area contributed by atoms with Crippen molar-refractivity contribution < 1.29 is 22.7 Å². The van der Waals surface area contributed by atoms with Gasteiger partial charge in [0, 0.05) is 24.2 Å². The number of methoxy groups -OCH3 is 1. The lowest BCUT2D eigenvalue weighted by Gasteiger charge is -2.26. The third-order valence-electron chi connectivity index (χ3n) is 7.48. The van der Waals surface area contributed by atoms with E-state index in [0.29, 0.717) is 23.6 Å². The van der Waals surface area contributed by atoms with Crippen molar-refractivity contribution in [2.45, 2.75) is 59.9 Å². The van der Waals surface area contributed by atoms with Crippen LogP contribution in [0.15, 0.2) is 47.2 Å². The number of nitrogens with one attached hydrogen (secondary N) is 4. The quantitative estimate of drug-likeness (QED) is 0.343. The number of amides is 1. The van der Waals surface area contributed by atoms with Crippen molar-refractivity contribution >= 4 is 44.6 Å². The number of ether oxygens (including phenoxy) is 1. The summed E-state index contributed by atoms with van der Waals surface area (Å²) < 4.78 is 32.2. The van der Waals surface area contributed by atoms with Gasteiger partial charge in [-0.1, -0.05) is 47.6 Å². The molecule has 0 aliphatic carbocycles. The Kier molecular flexibility index (Phi) is 8.78. The van der Waals surface area contributed by atoms with Crippen LogP contribution in [0.3, 0.4) is 0 Å². The van der Waals surface area contributed by atoms with Gasteiger partial charge >= 0.3 is 0 Å². The second-order valence-electron chi connectivity index (χ2n) is 13.2. The molecule has 2 aromatic rings. The second kappa shape index (κ2) is 11.8. The number of aliphatic imine (C=N–C) groups is 1. The van der Waals surface area contributed by atoms with Crippen LogP contribution in [0.2, 0.25) is 0 Å². The van der Waals surface area contributed by atoms with Crippen LogP contribution in [0.5, 0.6) is 5.75 Å². The zero-order valence-corrected chi connectivity index (χ0v) is 27.9. The van der Waals surface area contributed by atoms with Crippen LogP contribution in [0.4, 0.5) is 17.1 Å². The Balaban J connectivity index is 1.60. The van der Waals surface area contributed by atoms with Gasteiger partial charge in [-0.15, -0.1) is 5.53 Å². The standard InChI is InChI=1S/C31H43N7O5S/c1-18-11-12-19(29(40)33-21-14-20(30(2,3)4)15-22(26(21)43-9)35-44(10,41)42)13-24(18)38-17-23(34-36-38)25-16-32-28(37(25)8)27(39)31(5,6)7/h11-15,17,25,34-36H,16H2,1-10H3,(H,33,40). The highest BCUT2D eigenvalue weighted by atomic mass is 32.2. The lowest BCUT2D eigenvalue weighted by atomic mass is 9.86. The fraction of sp³-hybridized carbons (Fsp3) is 0.452. The fourth-order valence-corrected chi connectivity index (χ4v) is 5.46. The molecule has 4 N–H and O–H groups in total. The summed E-state index contributed by atoms with van der Waals surface area (Å²) in [5, 5.41) is 4.70. The number of carbonyl (C=O) groups excluding carboxylic acids is 2. The molecule has 2 aromatic carbocycles. The number of aryl methyl sites for hydroxylation is 1. The molecule has 0 saturated heterocycles. The van der Waals surface area contributed by atoms with Crippen molar-refractivity contribution in [1.82, 2.24) is 15.9 Å². The Labute approximate surface area is 259 Å². The number of carbonyl (C=O) groups is 2. The zero-order chi connectivity index (χ0) is 32.8.